The molecule has 0 bridgehead atoms. The van der Waals surface area contributed by atoms with Crippen molar-refractivity contribution in [2.45, 2.75) is 19.9 Å². The van der Waals surface area contributed by atoms with Crippen molar-refractivity contribution < 1.29 is 13.9 Å². The average molecular weight is 327 g/mol. The van der Waals surface area contributed by atoms with E-state index in [1.54, 1.807) is 54.2 Å². The van der Waals surface area contributed by atoms with Crippen LogP contribution >= 0.6 is 0 Å². The number of fused-ring (bicyclic) bond motifs is 1. The molecule has 0 saturated heterocycles. The fraction of sp³-hybridized carbons (Fsp3) is 0.222. The van der Waals surface area contributed by atoms with Gasteiger partial charge in [0.05, 0.1) is 18.2 Å². The predicted molar refractivity (Wildman–Crippen MR) is 88.6 cm³/mol. The quantitative estimate of drug-likeness (QED) is 0.782. The maximum absolute atomic E-state index is 13.9. The Bertz CT molecular complexity index is 876. The van der Waals surface area contributed by atoms with E-state index < -0.39 is 5.82 Å². The van der Waals surface area contributed by atoms with E-state index in [1.807, 2.05) is 6.92 Å². The number of hydrogen-bond acceptors (Lipinski definition) is 3. The number of amides is 1. The van der Waals surface area contributed by atoms with Crippen LogP contribution in [0.25, 0.3) is 5.65 Å². The molecule has 2 heterocycles. The Kier molecular flexibility index (Phi) is 4.46. The normalized spacial score (nSPS) is 12.1. The fourth-order valence-corrected chi connectivity index (χ4v) is 2.48. The summed E-state index contributed by atoms with van der Waals surface area (Å²) in [7, 11) is 0. The van der Waals surface area contributed by atoms with E-state index in [0.717, 1.165) is 5.65 Å². The number of carbonyl (C=O) groups excluding carboxylic acids is 1. The first-order chi connectivity index (χ1) is 11.6. The minimum Gasteiger partial charge on any atom is -0.491 e. The Morgan fingerprint density at radius 2 is 2.21 bits per heavy atom. The second-order valence-corrected chi connectivity index (χ2v) is 5.43. The van der Waals surface area contributed by atoms with Crippen LogP contribution in [0.5, 0.6) is 5.75 Å². The highest BCUT2D eigenvalue weighted by Crippen LogP contribution is 2.22. The molecule has 1 aromatic carbocycles. The van der Waals surface area contributed by atoms with Crippen LogP contribution in [0.3, 0.4) is 0 Å². The summed E-state index contributed by atoms with van der Waals surface area (Å²) in [6.45, 7) is 4.01. The molecular formula is C18H18FN3O2. The molecule has 1 N–H and O–H groups in total. The summed E-state index contributed by atoms with van der Waals surface area (Å²) in [4.78, 5) is 16.5. The number of nitrogens with zero attached hydrogens (tertiary/aromatic N) is 2. The Hall–Kier alpha value is -2.89. The van der Waals surface area contributed by atoms with E-state index in [1.165, 1.54) is 6.07 Å². The van der Waals surface area contributed by atoms with Gasteiger partial charge in [0, 0.05) is 18.6 Å². The van der Waals surface area contributed by atoms with Crippen molar-refractivity contribution in [1.29, 1.82) is 0 Å². The van der Waals surface area contributed by atoms with Crippen LogP contribution in [-0.2, 0) is 0 Å². The first-order valence-corrected chi connectivity index (χ1v) is 7.74. The lowest BCUT2D eigenvalue weighted by Gasteiger charge is -2.15. The van der Waals surface area contributed by atoms with Gasteiger partial charge in [-0.2, -0.15) is 0 Å². The third-order valence-corrected chi connectivity index (χ3v) is 3.75. The number of benzene rings is 1. The minimum absolute atomic E-state index is 0.213. The largest absolute Gasteiger partial charge is 0.491 e. The van der Waals surface area contributed by atoms with Crippen LogP contribution in [0.2, 0.25) is 0 Å². The second-order valence-electron chi connectivity index (χ2n) is 5.43. The molecule has 0 fully saturated rings. The molecular weight excluding hydrogens is 309 g/mol. The summed E-state index contributed by atoms with van der Waals surface area (Å²) in [6, 6.07) is 7.86. The molecule has 0 radical (unpaired) electrons. The predicted octanol–water partition coefficient (Wildman–Crippen LogP) is 3.36. The Morgan fingerprint density at radius 1 is 1.38 bits per heavy atom. The van der Waals surface area contributed by atoms with Gasteiger partial charge in [-0.05, 0) is 43.7 Å². The van der Waals surface area contributed by atoms with Gasteiger partial charge in [-0.1, -0.05) is 6.07 Å². The zero-order valence-electron chi connectivity index (χ0n) is 13.5. The number of hydrogen-bond donors (Lipinski definition) is 1. The van der Waals surface area contributed by atoms with Gasteiger partial charge in [0.15, 0.2) is 11.6 Å². The number of imidazole rings is 1. The maximum atomic E-state index is 13.9. The number of ether oxygens (including phenoxy) is 1. The van der Waals surface area contributed by atoms with Crippen molar-refractivity contribution in [3.63, 3.8) is 0 Å². The highest BCUT2D eigenvalue weighted by molar-refractivity contribution is 5.94. The van der Waals surface area contributed by atoms with Crippen molar-refractivity contribution in [3.8, 4) is 5.75 Å². The van der Waals surface area contributed by atoms with Crippen molar-refractivity contribution in [2.75, 3.05) is 6.61 Å². The zero-order valence-corrected chi connectivity index (χ0v) is 13.5. The Labute approximate surface area is 139 Å². The third kappa shape index (κ3) is 3.22. The van der Waals surface area contributed by atoms with Crippen LogP contribution in [0, 0.1) is 5.82 Å². The number of carbonyl (C=O) groups is 1. The summed E-state index contributed by atoms with van der Waals surface area (Å²) in [6.07, 6.45) is 5.16. The molecule has 124 valence electrons. The third-order valence-electron chi connectivity index (χ3n) is 3.75. The first-order valence-electron chi connectivity index (χ1n) is 7.74. The highest BCUT2D eigenvalue weighted by Gasteiger charge is 2.14. The van der Waals surface area contributed by atoms with Gasteiger partial charge in [0.25, 0.3) is 5.91 Å². The van der Waals surface area contributed by atoms with E-state index in [4.69, 9.17) is 4.74 Å². The lowest BCUT2D eigenvalue weighted by molar-refractivity contribution is 0.0939. The molecule has 0 aliphatic rings. The van der Waals surface area contributed by atoms with Gasteiger partial charge in [0.2, 0.25) is 0 Å². The second kappa shape index (κ2) is 6.70. The van der Waals surface area contributed by atoms with Gasteiger partial charge >= 0.3 is 0 Å². The summed E-state index contributed by atoms with van der Waals surface area (Å²) in [5, 5.41) is 2.87. The summed E-state index contributed by atoms with van der Waals surface area (Å²) in [5.41, 5.74) is 1.96. The topological polar surface area (TPSA) is 55.6 Å². The lowest BCUT2D eigenvalue weighted by Crippen LogP contribution is -2.27. The molecule has 0 aliphatic heterocycles. The molecule has 0 saturated carbocycles. The Balaban J connectivity index is 1.74. The number of halogens is 1. The van der Waals surface area contributed by atoms with Crippen LogP contribution in [0.4, 0.5) is 4.39 Å². The monoisotopic (exact) mass is 327 g/mol. The SMILES string of the molecule is CCOc1ccc([C@@H](C)NC(=O)c2ccc3nccn3c2)cc1F. The summed E-state index contributed by atoms with van der Waals surface area (Å²) >= 11 is 0. The number of aromatic nitrogens is 2. The van der Waals surface area contributed by atoms with E-state index in [0.29, 0.717) is 17.7 Å². The van der Waals surface area contributed by atoms with Crippen molar-refractivity contribution in [3.05, 3.63) is 65.9 Å². The van der Waals surface area contributed by atoms with Crippen LogP contribution in [0.15, 0.2) is 48.9 Å². The molecule has 3 aromatic rings. The van der Waals surface area contributed by atoms with Crippen LogP contribution in [-0.4, -0.2) is 21.9 Å². The molecule has 0 aliphatic carbocycles. The first kappa shape index (κ1) is 16.0. The van der Waals surface area contributed by atoms with Gasteiger partial charge in [-0.25, -0.2) is 9.37 Å². The van der Waals surface area contributed by atoms with Gasteiger partial charge < -0.3 is 14.5 Å². The van der Waals surface area contributed by atoms with Crippen molar-refractivity contribution >= 4 is 11.6 Å². The number of nitrogens with one attached hydrogen (secondary N) is 1. The molecule has 0 unspecified atom stereocenters. The van der Waals surface area contributed by atoms with E-state index in [2.05, 4.69) is 10.3 Å². The van der Waals surface area contributed by atoms with E-state index in [9.17, 15) is 9.18 Å². The fourth-order valence-electron chi connectivity index (χ4n) is 2.48. The number of rotatable bonds is 5. The highest BCUT2D eigenvalue weighted by atomic mass is 19.1. The smallest absolute Gasteiger partial charge is 0.253 e. The molecule has 1 atom stereocenters. The molecule has 1 amide bonds. The maximum Gasteiger partial charge on any atom is 0.253 e. The van der Waals surface area contributed by atoms with Crippen molar-refractivity contribution in [2.24, 2.45) is 0 Å². The van der Waals surface area contributed by atoms with Crippen molar-refractivity contribution in [1.82, 2.24) is 14.7 Å². The average Bonchev–Trinajstić information content (AvgIpc) is 3.04. The standard InChI is InChI=1S/C18H18FN3O2/c1-3-24-16-6-4-13(10-15(16)19)12(2)21-18(23)14-5-7-17-20-8-9-22(17)11-14/h4-12H,3H2,1-2H3,(H,21,23)/t12-/m1/s1. The zero-order chi connectivity index (χ0) is 17.1. The van der Waals surface area contributed by atoms with Crippen LogP contribution < -0.4 is 10.1 Å². The molecule has 3 rings (SSSR count). The molecule has 0 spiro atoms. The van der Waals surface area contributed by atoms with Gasteiger partial charge in [-0.15, -0.1) is 0 Å². The van der Waals surface area contributed by atoms with Gasteiger partial charge in [-0.3, -0.25) is 4.79 Å². The molecule has 5 nitrogen and oxygen atoms in total. The molecule has 2 aromatic heterocycles. The van der Waals surface area contributed by atoms with E-state index >= 15 is 0 Å². The summed E-state index contributed by atoms with van der Waals surface area (Å²) in [5.74, 6) is -0.451. The van der Waals surface area contributed by atoms with E-state index in [-0.39, 0.29) is 17.7 Å². The molecule has 24 heavy (non-hydrogen) atoms. The number of pyridine rings is 1. The molecule has 6 heteroatoms. The van der Waals surface area contributed by atoms with Gasteiger partial charge in [0.1, 0.15) is 5.65 Å². The Morgan fingerprint density at radius 3 is 2.96 bits per heavy atom. The summed E-state index contributed by atoms with van der Waals surface area (Å²) < 4.78 is 20.9. The minimum atomic E-state index is -0.435. The lowest BCUT2D eigenvalue weighted by atomic mass is 10.1. The van der Waals surface area contributed by atoms with Crippen LogP contribution in [0.1, 0.15) is 35.8 Å².